The fourth-order valence-corrected chi connectivity index (χ4v) is 0.986. The summed E-state index contributed by atoms with van der Waals surface area (Å²) in [6.45, 7) is 0. The molecule has 6 nitrogen and oxygen atoms in total. The van der Waals surface area contributed by atoms with E-state index in [1.807, 2.05) is 0 Å². The third-order valence-corrected chi connectivity index (χ3v) is 1.63. The molecule has 0 radical (unpaired) electrons. The van der Waals surface area contributed by atoms with Crippen molar-refractivity contribution in [2.75, 3.05) is 5.94 Å². The molecule has 80 valence electrons. The van der Waals surface area contributed by atoms with Crippen LogP contribution in [0.2, 0.25) is 0 Å². The van der Waals surface area contributed by atoms with Crippen molar-refractivity contribution < 1.29 is 79.7 Å². The van der Waals surface area contributed by atoms with Crippen molar-refractivity contribution in [3.05, 3.63) is 24.3 Å². The van der Waals surface area contributed by atoms with Crippen LogP contribution in [0.4, 0.5) is 0 Å². The minimum atomic E-state index is -4.42. The first-order chi connectivity index (χ1) is 5.99. The Hall–Kier alpha value is 0.326. The molecule has 0 heterocycles. The molecule has 0 atom stereocenters. The van der Waals surface area contributed by atoms with Crippen LogP contribution >= 0.6 is 0 Å². The van der Waals surface area contributed by atoms with Gasteiger partial charge in [-0.15, -0.1) is 0 Å². The van der Waals surface area contributed by atoms with Crippen LogP contribution in [0.3, 0.4) is 0 Å². The van der Waals surface area contributed by atoms with Gasteiger partial charge in [0.15, 0.2) is 17.4 Å². The number of aromatic hydroxyl groups is 1. The molecule has 8 heteroatoms. The van der Waals surface area contributed by atoms with Crippen LogP contribution in [-0.2, 0) is 10.1 Å². The van der Waals surface area contributed by atoms with Gasteiger partial charge < -0.3 is 19.9 Å². The molecule has 0 aliphatic rings. The van der Waals surface area contributed by atoms with Crippen LogP contribution in [0.15, 0.2) is 24.3 Å². The Labute approximate surface area is 130 Å². The van der Waals surface area contributed by atoms with Gasteiger partial charge in [-0.3, -0.25) is 0 Å². The molecule has 1 aromatic rings. The normalized spacial score (nSPS) is 9.67. The van der Waals surface area contributed by atoms with Gasteiger partial charge in [-0.2, -0.15) is 0 Å². The Morgan fingerprint density at radius 3 is 2.33 bits per heavy atom. The number of ether oxygens (including phenoxy) is 1. The molecule has 15 heavy (non-hydrogen) atoms. The SMILES string of the molecule is O.O=S(=O)([O-])COc1ccccc1O.[K+]. The van der Waals surface area contributed by atoms with E-state index < -0.39 is 16.1 Å². The van der Waals surface area contributed by atoms with E-state index in [4.69, 9.17) is 5.11 Å². The third-order valence-electron chi connectivity index (χ3n) is 1.22. The molecule has 0 bridgehead atoms. The van der Waals surface area contributed by atoms with E-state index in [-0.39, 0.29) is 68.4 Å². The Morgan fingerprint density at radius 1 is 1.33 bits per heavy atom. The number of para-hydroxylation sites is 2. The van der Waals surface area contributed by atoms with E-state index in [2.05, 4.69) is 4.74 Å². The zero-order chi connectivity index (χ0) is 9.90. The summed E-state index contributed by atoms with van der Waals surface area (Å²) in [6.07, 6.45) is 0. The average Bonchev–Trinajstić information content (AvgIpc) is 2.01. The molecule has 0 aliphatic heterocycles. The molecule has 1 aromatic carbocycles. The summed E-state index contributed by atoms with van der Waals surface area (Å²) in [5.41, 5.74) is 0. The molecule has 0 aliphatic carbocycles. The van der Waals surface area contributed by atoms with Gasteiger partial charge in [-0.1, -0.05) is 12.1 Å². The van der Waals surface area contributed by atoms with Crippen LogP contribution in [0, 0.1) is 0 Å². The molecule has 3 N–H and O–H groups in total. The van der Waals surface area contributed by atoms with E-state index in [1.165, 1.54) is 12.1 Å². The van der Waals surface area contributed by atoms with E-state index in [9.17, 15) is 13.0 Å². The summed E-state index contributed by atoms with van der Waals surface area (Å²) in [6, 6.07) is 5.79. The van der Waals surface area contributed by atoms with Gasteiger partial charge in [-0.05, 0) is 12.1 Å². The van der Waals surface area contributed by atoms with Crippen LogP contribution in [-0.4, -0.2) is 29.5 Å². The van der Waals surface area contributed by atoms with E-state index >= 15 is 0 Å². The number of hydrogen-bond donors (Lipinski definition) is 1. The van der Waals surface area contributed by atoms with Gasteiger partial charge in [0.05, 0.1) is 0 Å². The Morgan fingerprint density at radius 2 is 1.87 bits per heavy atom. The summed E-state index contributed by atoms with van der Waals surface area (Å²) in [4.78, 5) is 0. The first-order valence-electron chi connectivity index (χ1n) is 3.33. The topological polar surface area (TPSA) is 118 Å². The smallest absolute Gasteiger partial charge is 0.745 e. The van der Waals surface area contributed by atoms with Crippen LogP contribution in [0.1, 0.15) is 0 Å². The fourth-order valence-electron chi connectivity index (χ4n) is 0.715. The largest absolute Gasteiger partial charge is 1.00 e. The number of hydrogen-bond acceptors (Lipinski definition) is 5. The molecule has 0 unspecified atom stereocenters. The first kappa shape index (κ1) is 17.7. The van der Waals surface area contributed by atoms with Gasteiger partial charge in [0.2, 0.25) is 0 Å². The van der Waals surface area contributed by atoms with Crippen LogP contribution in [0.5, 0.6) is 11.5 Å². The molecular weight excluding hydrogens is 251 g/mol. The third kappa shape index (κ3) is 7.25. The van der Waals surface area contributed by atoms with E-state index in [0.29, 0.717) is 0 Å². The standard InChI is InChI=1S/C7H8O5S.K.H2O/c8-6-3-1-2-4-7(6)12-5-13(9,10)11;;/h1-4,8H,5H2,(H,9,10,11);;1H2/q;+1;/p-1. The predicted molar refractivity (Wildman–Crippen MR) is 46.9 cm³/mol. The maximum Gasteiger partial charge on any atom is 1.00 e. The molecule has 0 fully saturated rings. The van der Waals surface area contributed by atoms with Crippen molar-refractivity contribution in [2.24, 2.45) is 0 Å². The van der Waals surface area contributed by atoms with Crippen molar-refractivity contribution in [1.29, 1.82) is 0 Å². The molecular formula is C7H9KO6S. The van der Waals surface area contributed by atoms with E-state index in [1.54, 1.807) is 12.1 Å². The monoisotopic (exact) mass is 260 g/mol. The molecule has 0 spiro atoms. The second-order valence-corrected chi connectivity index (χ2v) is 3.64. The molecule has 0 saturated carbocycles. The van der Waals surface area contributed by atoms with Gasteiger partial charge in [-0.25, -0.2) is 8.42 Å². The minimum Gasteiger partial charge on any atom is -0.745 e. The second kappa shape index (κ2) is 7.58. The van der Waals surface area contributed by atoms with E-state index in [0.717, 1.165) is 0 Å². The van der Waals surface area contributed by atoms with Crippen LogP contribution < -0.4 is 56.1 Å². The Bertz CT molecular complexity index is 390. The van der Waals surface area contributed by atoms with Gasteiger partial charge >= 0.3 is 51.4 Å². The summed E-state index contributed by atoms with van der Waals surface area (Å²) in [5.74, 6) is -1.21. The summed E-state index contributed by atoms with van der Waals surface area (Å²) in [5, 5.41) is 9.09. The molecule has 0 saturated heterocycles. The van der Waals surface area contributed by atoms with Crippen LogP contribution in [0.25, 0.3) is 0 Å². The summed E-state index contributed by atoms with van der Waals surface area (Å²) < 4.78 is 35.0. The zero-order valence-electron chi connectivity index (χ0n) is 8.00. The van der Waals surface area contributed by atoms with Crippen molar-refractivity contribution in [3.63, 3.8) is 0 Å². The molecule has 1 rings (SSSR count). The maximum atomic E-state index is 10.2. The van der Waals surface area contributed by atoms with Crippen molar-refractivity contribution in [2.45, 2.75) is 0 Å². The summed E-state index contributed by atoms with van der Waals surface area (Å²) in [7, 11) is -4.42. The van der Waals surface area contributed by atoms with Crippen molar-refractivity contribution >= 4 is 10.1 Å². The number of phenols is 1. The Kier molecular flexibility index (Phi) is 8.95. The maximum absolute atomic E-state index is 10.2. The van der Waals surface area contributed by atoms with Gasteiger partial charge in [0.1, 0.15) is 10.1 Å². The first-order valence-corrected chi connectivity index (χ1v) is 4.91. The summed E-state index contributed by atoms with van der Waals surface area (Å²) >= 11 is 0. The predicted octanol–water partition coefficient (Wildman–Crippen LogP) is -3.55. The average molecular weight is 260 g/mol. The quantitative estimate of drug-likeness (QED) is 0.446. The number of benzene rings is 1. The van der Waals surface area contributed by atoms with Crippen molar-refractivity contribution in [1.82, 2.24) is 0 Å². The zero-order valence-corrected chi connectivity index (χ0v) is 11.9. The minimum absolute atomic E-state index is 0. The number of rotatable bonds is 3. The van der Waals surface area contributed by atoms with Crippen molar-refractivity contribution in [3.8, 4) is 11.5 Å². The molecule has 0 aromatic heterocycles. The fraction of sp³-hybridized carbons (Fsp3) is 0.143. The number of phenolic OH excluding ortho intramolecular Hbond substituents is 1. The van der Waals surface area contributed by atoms with Gasteiger partial charge in [0, 0.05) is 0 Å². The molecule has 0 amide bonds. The van der Waals surface area contributed by atoms with Gasteiger partial charge in [0.25, 0.3) is 0 Å². The Balaban J connectivity index is 0. The second-order valence-electron chi connectivity index (χ2n) is 2.29.